The summed E-state index contributed by atoms with van der Waals surface area (Å²) in [4.78, 5) is 11.8. The molecule has 0 bridgehead atoms. The fraction of sp³-hybridized carbons (Fsp3) is 0.417. The van der Waals surface area contributed by atoms with E-state index in [0.29, 0.717) is 6.42 Å². The van der Waals surface area contributed by atoms with Gasteiger partial charge in [-0.2, -0.15) is 0 Å². The molecule has 0 aromatic heterocycles. The van der Waals surface area contributed by atoms with E-state index in [4.69, 9.17) is 6.42 Å². The lowest BCUT2D eigenvalue weighted by Crippen LogP contribution is -2.28. The Kier molecular flexibility index (Phi) is 2.43. The summed E-state index contributed by atoms with van der Waals surface area (Å²) in [6.45, 7) is 5.73. The van der Waals surface area contributed by atoms with Crippen LogP contribution in [0.4, 0.5) is 0 Å². The summed E-state index contributed by atoms with van der Waals surface area (Å²) in [5.41, 5.74) is 1.45. The molecule has 0 N–H and O–H groups in total. The number of ketones is 1. The first-order valence-electron chi connectivity index (χ1n) is 4.35. The lowest BCUT2D eigenvalue weighted by atomic mass is 9.75. The molecule has 1 unspecified atom stereocenters. The minimum atomic E-state index is -0.475. The summed E-state index contributed by atoms with van der Waals surface area (Å²) >= 11 is 0. The predicted molar refractivity (Wildman–Crippen MR) is 54.1 cm³/mol. The van der Waals surface area contributed by atoms with Crippen molar-refractivity contribution >= 4 is 5.78 Å². The van der Waals surface area contributed by atoms with Crippen LogP contribution in [0.25, 0.3) is 0 Å². The second-order valence-corrected chi connectivity index (χ2v) is 3.84. The van der Waals surface area contributed by atoms with E-state index in [9.17, 15) is 4.79 Å². The van der Waals surface area contributed by atoms with Crippen LogP contribution in [-0.4, -0.2) is 5.78 Å². The van der Waals surface area contributed by atoms with E-state index in [-0.39, 0.29) is 5.78 Å². The zero-order valence-electron chi connectivity index (χ0n) is 8.35. The van der Waals surface area contributed by atoms with E-state index in [1.54, 1.807) is 0 Å². The van der Waals surface area contributed by atoms with Crippen LogP contribution in [0.3, 0.4) is 0 Å². The van der Waals surface area contributed by atoms with Crippen molar-refractivity contribution in [3.8, 4) is 12.3 Å². The van der Waals surface area contributed by atoms with Gasteiger partial charge in [0.25, 0.3) is 0 Å². The highest BCUT2D eigenvalue weighted by Gasteiger charge is 2.32. The summed E-state index contributed by atoms with van der Waals surface area (Å²) in [5.74, 6) is 2.71. The molecule has 1 atom stereocenters. The van der Waals surface area contributed by atoms with Gasteiger partial charge in [-0.05, 0) is 26.3 Å². The molecule has 1 nitrogen and oxygen atoms in total. The van der Waals surface area contributed by atoms with Crippen molar-refractivity contribution in [2.24, 2.45) is 5.41 Å². The highest BCUT2D eigenvalue weighted by atomic mass is 16.1. The minimum absolute atomic E-state index is 0.149. The molecule has 0 aliphatic heterocycles. The highest BCUT2D eigenvalue weighted by Crippen LogP contribution is 2.32. The molecule has 1 aliphatic carbocycles. The van der Waals surface area contributed by atoms with Gasteiger partial charge in [0, 0.05) is 6.42 Å². The first kappa shape index (κ1) is 9.80. The number of allylic oxidation sites excluding steroid dienone is 4. The molecule has 0 saturated carbocycles. The van der Waals surface area contributed by atoms with Gasteiger partial charge in [-0.3, -0.25) is 4.79 Å². The Balaban J connectivity index is 3.10. The Morgan fingerprint density at radius 2 is 2.15 bits per heavy atom. The molecule has 1 aliphatic rings. The van der Waals surface area contributed by atoms with Gasteiger partial charge in [0.05, 0.1) is 5.41 Å². The first-order chi connectivity index (χ1) is 5.99. The van der Waals surface area contributed by atoms with E-state index in [0.717, 1.165) is 11.1 Å². The Morgan fingerprint density at radius 3 is 2.69 bits per heavy atom. The predicted octanol–water partition coefficient (Wildman–Crippen LogP) is 2.49. The third-order valence-electron chi connectivity index (χ3n) is 2.34. The van der Waals surface area contributed by atoms with Crippen molar-refractivity contribution in [1.82, 2.24) is 0 Å². The summed E-state index contributed by atoms with van der Waals surface area (Å²) in [7, 11) is 0. The van der Waals surface area contributed by atoms with Crippen LogP contribution in [0.2, 0.25) is 0 Å². The second-order valence-electron chi connectivity index (χ2n) is 3.84. The third kappa shape index (κ3) is 1.72. The number of Topliss-reactive ketones (excluding diaryl/α,β-unsaturated/α-hetero) is 1. The van der Waals surface area contributed by atoms with Crippen LogP contribution in [0.5, 0.6) is 0 Å². The van der Waals surface area contributed by atoms with Crippen LogP contribution in [0.1, 0.15) is 27.2 Å². The molecular formula is C12H14O. The number of hydrogen-bond acceptors (Lipinski definition) is 1. The van der Waals surface area contributed by atoms with Crippen LogP contribution in [0, 0.1) is 17.8 Å². The average molecular weight is 174 g/mol. The molecule has 13 heavy (non-hydrogen) atoms. The molecule has 0 aromatic carbocycles. The molecule has 0 spiro atoms. The summed E-state index contributed by atoms with van der Waals surface area (Å²) in [6.07, 6.45) is 9.59. The molecule has 1 rings (SSSR count). The Bertz CT molecular complexity index is 339. The quantitative estimate of drug-likeness (QED) is 0.558. The maximum Gasteiger partial charge on any atom is 0.169 e. The van der Waals surface area contributed by atoms with Crippen LogP contribution in [-0.2, 0) is 4.79 Å². The van der Waals surface area contributed by atoms with Gasteiger partial charge < -0.3 is 0 Å². The van der Waals surface area contributed by atoms with E-state index >= 15 is 0 Å². The number of hydrogen-bond donors (Lipinski definition) is 0. The van der Waals surface area contributed by atoms with Crippen molar-refractivity contribution in [2.75, 3.05) is 0 Å². The van der Waals surface area contributed by atoms with Gasteiger partial charge in [-0.1, -0.05) is 17.7 Å². The maximum atomic E-state index is 11.8. The van der Waals surface area contributed by atoms with Gasteiger partial charge in [-0.25, -0.2) is 0 Å². The Hall–Kier alpha value is -1.29. The average Bonchev–Trinajstić information content (AvgIpc) is 2.00. The first-order valence-corrected chi connectivity index (χ1v) is 4.35. The fourth-order valence-corrected chi connectivity index (χ4v) is 1.81. The van der Waals surface area contributed by atoms with Crippen molar-refractivity contribution in [3.63, 3.8) is 0 Å². The molecule has 0 saturated heterocycles. The molecular weight excluding hydrogens is 160 g/mol. The van der Waals surface area contributed by atoms with Crippen molar-refractivity contribution < 1.29 is 4.79 Å². The fourth-order valence-electron chi connectivity index (χ4n) is 1.81. The van der Waals surface area contributed by atoms with Crippen LogP contribution in [0.15, 0.2) is 23.3 Å². The lowest BCUT2D eigenvalue weighted by Gasteiger charge is -2.26. The molecule has 0 fully saturated rings. The standard InChI is InChI=1S/C12H14O/c1-5-6-12(4)8-9(2)7-10(3)11(12)13/h1,7-8H,6H2,2-4H3. The van der Waals surface area contributed by atoms with Gasteiger partial charge in [0.2, 0.25) is 0 Å². The normalized spacial score (nSPS) is 27.7. The zero-order chi connectivity index (χ0) is 10.1. The molecule has 1 heteroatoms. The van der Waals surface area contributed by atoms with Crippen LogP contribution >= 0.6 is 0 Å². The van der Waals surface area contributed by atoms with Crippen molar-refractivity contribution in [3.05, 3.63) is 23.3 Å². The highest BCUT2D eigenvalue weighted by molar-refractivity contribution is 6.02. The monoisotopic (exact) mass is 174 g/mol. The topological polar surface area (TPSA) is 17.1 Å². The smallest absolute Gasteiger partial charge is 0.169 e. The molecule has 0 amide bonds. The molecule has 0 radical (unpaired) electrons. The molecule has 68 valence electrons. The largest absolute Gasteiger partial charge is 0.294 e. The van der Waals surface area contributed by atoms with E-state index in [2.05, 4.69) is 5.92 Å². The van der Waals surface area contributed by atoms with E-state index in [1.165, 1.54) is 0 Å². The number of rotatable bonds is 1. The second kappa shape index (κ2) is 3.22. The summed E-state index contributed by atoms with van der Waals surface area (Å²) in [6, 6.07) is 0. The van der Waals surface area contributed by atoms with Crippen molar-refractivity contribution in [1.29, 1.82) is 0 Å². The van der Waals surface area contributed by atoms with E-state index < -0.39 is 5.41 Å². The molecule has 0 aromatic rings. The third-order valence-corrected chi connectivity index (χ3v) is 2.34. The molecule has 0 heterocycles. The summed E-state index contributed by atoms with van der Waals surface area (Å²) in [5, 5.41) is 0. The van der Waals surface area contributed by atoms with Crippen molar-refractivity contribution in [2.45, 2.75) is 27.2 Å². The maximum absolute atomic E-state index is 11.8. The lowest BCUT2D eigenvalue weighted by molar-refractivity contribution is -0.121. The van der Waals surface area contributed by atoms with Crippen LogP contribution < -0.4 is 0 Å². The van der Waals surface area contributed by atoms with Gasteiger partial charge in [-0.15, -0.1) is 12.3 Å². The van der Waals surface area contributed by atoms with Gasteiger partial charge in [0.15, 0.2) is 5.78 Å². The SMILES string of the molecule is C#CCC1(C)C=C(C)C=C(C)C1=O. The van der Waals surface area contributed by atoms with Gasteiger partial charge >= 0.3 is 0 Å². The number of terminal acetylenes is 1. The zero-order valence-corrected chi connectivity index (χ0v) is 8.35. The number of carbonyl (C=O) groups is 1. The summed E-state index contributed by atoms with van der Waals surface area (Å²) < 4.78 is 0. The number of carbonyl (C=O) groups excluding carboxylic acids is 1. The van der Waals surface area contributed by atoms with E-state index in [1.807, 2.05) is 32.9 Å². The Labute approximate surface area is 79.5 Å². The van der Waals surface area contributed by atoms with Gasteiger partial charge in [0.1, 0.15) is 0 Å². The Morgan fingerprint density at radius 1 is 1.54 bits per heavy atom. The minimum Gasteiger partial charge on any atom is -0.294 e.